The molecule has 2 aliphatic heterocycles. The molecule has 3 aliphatic carbocycles. The summed E-state index contributed by atoms with van der Waals surface area (Å²) in [6.07, 6.45) is 3.95. The highest BCUT2D eigenvalue weighted by molar-refractivity contribution is 5.97. The summed E-state index contributed by atoms with van der Waals surface area (Å²) in [5.41, 5.74) is 0.416. The lowest BCUT2D eigenvalue weighted by Gasteiger charge is -2.67. The van der Waals surface area contributed by atoms with Gasteiger partial charge in [-0.1, -0.05) is 39.0 Å². The fourth-order valence-electron chi connectivity index (χ4n) is 9.29. The molecule has 5 aliphatic rings. The van der Waals surface area contributed by atoms with Gasteiger partial charge in [0.25, 0.3) is 0 Å². The quantitative estimate of drug-likeness (QED) is 0.628. The van der Waals surface area contributed by atoms with Crippen LogP contribution in [-0.4, -0.2) is 56.4 Å². The lowest BCUT2D eigenvalue weighted by atomic mass is 9.41. The number of ether oxygens (including phenoxy) is 3. The monoisotopic (exact) mass is 521 g/mol. The second-order valence-corrected chi connectivity index (χ2v) is 13.1. The fraction of sp³-hybridized carbons (Fsp3) is 0.645. The minimum Gasteiger partial charge on any atom is -0.382 e. The standard InChI is InChI=1S/C31H39NO6/c1-6-13-36-24-15-18-14-20-19-9-7-8-10-21(19)32(17-33)25(20)29(18,5)28(4)11-12-30-23(31(24,28)35)16-22(34)26(37-30)27(2,3)38-30/h7-10,16,18,24,26,33,35H,6,11-15,17H2,1-5H3/t18-,24+,26+,28-,29-,30?,31+/m1/s1. The molecule has 7 heteroatoms. The van der Waals surface area contributed by atoms with E-state index in [0.717, 1.165) is 29.4 Å². The molecule has 2 N–H and O–H groups in total. The van der Waals surface area contributed by atoms with E-state index in [1.54, 1.807) is 6.08 Å². The Morgan fingerprint density at radius 3 is 2.66 bits per heavy atom. The van der Waals surface area contributed by atoms with E-state index < -0.39 is 40.0 Å². The van der Waals surface area contributed by atoms with Crippen molar-refractivity contribution in [1.82, 2.24) is 4.57 Å². The Morgan fingerprint density at radius 1 is 1.16 bits per heavy atom. The Kier molecular flexibility index (Phi) is 4.98. The SMILES string of the molecule is CCCO[C@H]1C[C@H]2Cc3c(n(CO)c4ccccc34)[C@]2(C)[C@@]2(C)CCC34O[C@@H](C(=O)C=C3[C@]12O)C(C)(C)O4. The lowest BCUT2D eigenvalue weighted by molar-refractivity contribution is -0.281. The molecular weight excluding hydrogens is 482 g/mol. The van der Waals surface area contributed by atoms with E-state index in [-0.39, 0.29) is 18.4 Å². The molecule has 7 nitrogen and oxygen atoms in total. The van der Waals surface area contributed by atoms with Gasteiger partial charge in [-0.15, -0.1) is 0 Å². The number of aliphatic hydroxyl groups is 2. The van der Waals surface area contributed by atoms with Crippen LogP contribution in [0.5, 0.6) is 0 Å². The number of benzene rings is 1. The zero-order valence-corrected chi connectivity index (χ0v) is 23.0. The number of rotatable bonds is 4. The van der Waals surface area contributed by atoms with Crippen LogP contribution in [0.2, 0.25) is 0 Å². The zero-order valence-electron chi connectivity index (χ0n) is 23.0. The Morgan fingerprint density at radius 2 is 1.92 bits per heavy atom. The molecule has 38 heavy (non-hydrogen) atoms. The van der Waals surface area contributed by atoms with E-state index >= 15 is 0 Å². The summed E-state index contributed by atoms with van der Waals surface area (Å²) in [6, 6.07) is 8.26. The molecule has 1 saturated heterocycles. The number of para-hydroxylation sites is 1. The number of ketones is 1. The third kappa shape index (κ3) is 2.61. The molecule has 1 unspecified atom stereocenters. The predicted molar refractivity (Wildman–Crippen MR) is 141 cm³/mol. The van der Waals surface area contributed by atoms with E-state index in [9.17, 15) is 15.0 Å². The number of carbonyl (C=O) groups excluding carboxylic acids is 1. The molecule has 0 radical (unpaired) electrons. The topological polar surface area (TPSA) is 90.2 Å². The van der Waals surface area contributed by atoms with Gasteiger partial charge in [0.15, 0.2) is 17.7 Å². The second kappa shape index (κ2) is 7.58. The van der Waals surface area contributed by atoms with Crippen LogP contribution in [0, 0.1) is 11.3 Å². The van der Waals surface area contributed by atoms with Crippen LogP contribution in [0.4, 0.5) is 0 Å². The van der Waals surface area contributed by atoms with Crippen LogP contribution < -0.4 is 0 Å². The molecule has 204 valence electrons. The van der Waals surface area contributed by atoms with Gasteiger partial charge < -0.3 is 29.0 Å². The number of carbonyl (C=O) groups is 1. The zero-order chi connectivity index (χ0) is 26.9. The average Bonchev–Trinajstić information content (AvgIpc) is 3.45. The second-order valence-electron chi connectivity index (χ2n) is 13.1. The van der Waals surface area contributed by atoms with Gasteiger partial charge in [0.1, 0.15) is 17.9 Å². The minimum absolute atomic E-state index is 0.129. The molecule has 1 spiro atoms. The summed E-state index contributed by atoms with van der Waals surface area (Å²) in [7, 11) is 0. The van der Waals surface area contributed by atoms with E-state index in [1.165, 1.54) is 5.56 Å². The number of fused-ring (bicyclic) bond motifs is 9. The van der Waals surface area contributed by atoms with E-state index in [4.69, 9.17) is 14.2 Å². The van der Waals surface area contributed by atoms with Gasteiger partial charge in [-0.05, 0) is 63.2 Å². The number of aromatic nitrogens is 1. The molecule has 2 saturated carbocycles. The number of hydrogen-bond donors (Lipinski definition) is 2. The van der Waals surface area contributed by atoms with E-state index in [1.807, 2.05) is 24.5 Å². The van der Waals surface area contributed by atoms with E-state index in [0.29, 0.717) is 31.4 Å². The summed E-state index contributed by atoms with van der Waals surface area (Å²) in [5, 5.41) is 25.0. The Labute approximate surface area is 223 Å². The van der Waals surface area contributed by atoms with Gasteiger partial charge in [0, 0.05) is 40.5 Å². The normalized spacial score (nSPS) is 42.4. The summed E-state index contributed by atoms with van der Waals surface area (Å²) < 4.78 is 21.6. The Bertz CT molecular complexity index is 1390. The van der Waals surface area contributed by atoms with Crippen molar-refractivity contribution in [2.45, 2.75) is 108 Å². The highest BCUT2D eigenvalue weighted by Crippen LogP contribution is 2.72. The largest absolute Gasteiger partial charge is 0.382 e. The van der Waals surface area contributed by atoms with Gasteiger partial charge in [0.2, 0.25) is 0 Å². The fourth-order valence-corrected chi connectivity index (χ4v) is 9.29. The van der Waals surface area contributed by atoms with Crippen LogP contribution in [0.1, 0.15) is 71.6 Å². The van der Waals surface area contributed by atoms with E-state index in [2.05, 4.69) is 39.0 Å². The van der Waals surface area contributed by atoms with Gasteiger partial charge >= 0.3 is 0 Å². The minimum atomic E-state index is -1.49. The smallest absolute Gasteiger partial charge is 0.195 e. The Hall–Kier alpha value is -2.03. The molecule has 7 rings (SSSR count). The van der Waals surface area contributed by atoms with Gasteiger partial charge in [-0.3, -0.25) is 4.79 Å². The van der Waals surface area contributed by atoms with Crippen molar-refractivity contribution in [1.29, 1.82) is 0 Å². The lowest BCUT2D eigenvalue weighted by Crippen LogP contribution is -2.75. The molecule has 3 fully saturated rings. The molecule has 3 heterocycles. The highest BCUT2D eigenvalue weighted by atomic mass is 16.8. The maximum atomic E-state index is 13.4. The first-order valence-corrected chi connectivity index (χ1v) is 14.2. The molecule has 1 aromatic heterocycles. The van der Waals surface area contributed by atoms with Crippen molar-refractivity contribution in [3.63, 3.8) is 0 Å². The van der Waals surface area contributed by atoms with Gasteiger partial charge in [0.05, 0.1) is 11.6 Å². The molecule has 2 aromatic rings. The maximum absolute atomic E-state index is 13.4. The third-order valence-electron chi connectivity index (χ3n) is 11.1. The molecule has 2 bridgehead atoms. The van der Waals surface area contributed by atoms with Crippen LogP contribution in [0.3, 0.4) is 0 Å². The average molecular weight is 522 g/mol. The van der Waals surface area contributed by atoms with Crippen molar-refractivity contribution in [2.24, 2.45) is 11.3 Å². The van der Waals surface area contributed by atoms with Crippen molar-refractivity contribution in [3.8, 4) is 0 Å². The first-order chi connectivity index (χ1) is 18.0. The molecule has 1 aromatic carbocycles. The molecule has 7 atom stereocenters. The van der Waals surface area contributed by atoms with Crippen LogP contribution in [-0.2, 0) is 37.6 Å². The summed E-state index contributed by atoms with van der Waals surface area (Å²) >= 11 is 0. The first-order valence-electron chi connectivity index (χ1n) is 14.2. The van der Waals surface area contributed by atoms with Crippen molar-refractivity contribution >= 4 is 16.7 Å². The van der Waals surface area contributed by atoms with Crippen LogP contribution in [0.15, 0.2) is 35.9 Å². The van der Waals surface area contributed by atoms with Gasteiger partial charge in [-0.25, -0.2) is 0 Å². The molecule has 0 amide bonds. The van der Waals surface area contributed by atoms with Gasteiger partial charge in [-0.2, -0.15) is 0 Å². The van der Waals surface area contributed by atoms with Crippen LogP contribution in [0.25, 0.3) is 10.9 Å². The van der Waals surface area contributed by atoms with Crippen molar-refractivity contribution in [2.75, 3.05) is 6.61 Å². The summed E-state index contributed by atoms with van der Waals surface area (Å²) in [5.74, 6) is -1.09. The number of aliphatic hydroxyl groups excluding tert-OH is 1. The highest BCUT2D eigenvalue weighted by Gasteiger charge is 2.78. The third-order valence-corrected chi connectivity index (χ3v) is 11.1. The maximum Gasteiger partial charge on any atom is 0.195 e. The molecular formula is C31H39NO6. The predicted octanol–water partition coefficient (Wildman–Crippen LogP) is 4.15. The van der Waals surface area contributed by atoms with Crippen molar-refractivity contribution in [3.05, 3.63) is 47.2 Å². The van der Waals surface area contributed by atoms with Crippen LogP contribution >= 0.6 is 0 Å². The number of nitrogens with zero attached hydrogens (tertiary/aromatic N) is 1. The Balaban J connectivity index is 1.48. The summed E-state index contributed by atoms with van der Waals surface area (Å²) in [6.45, 7) is 10.7. The summed E-state index contributed by atoms with van der Waals surface area (Å²) in [4.78, 5) is 13.4. The first kappa shape index (κ1) is 25.0. The number of hydrogen-bond acceptors (Lipinski definition) is 6. The van der Waals surface area contributed by atoms with Crippen molar-refractivity contribution < 1.29 is 29.2 Å².